The number of benzene rings is 2. The first-order chi connectivity index (χ1) is 13.1. The summed E-state index contributed by atoms with van der Waals surface area (Å²) < 4.78 is 0. The molecule has 0 atom stereocenters. The van der Waals surface area contributed by atoms with Crippen LogP contribution < -0.4 is 10.2 Å². The molecule has 2 aliphatic heterocycles. The molecule has 5 nitrogen and oxygen atoms in total. The summed E-state index contributed by atoms with van der Waals surface area (Å²) in [5.74, 6) is -0.0300. The van der Waals surface area contributed by atoms with E-state index in [4.69, 9.17) is 0 Å². The summed E-state index contributed by atoms with van der Waals surface area (Å²) in [6.07, 6.45) is 2.68. The summed E-state index contributed by atoms with van der Waals surface area (Å²) in [5.41, 5.74) is 3.22. The third-order valence-electron chi connectivity index (χ3n) is 5.59. The van der Waals surface area contributed by atoms with Crippen LogP contribution in [0.4, 0.5) is 5.69 Å². The van der Waals surface area contributed by atoms with Crippen LogP contribution in [0.2, 0.25) is 0 Å². The third-order valence-corrected chi connectivity index (χ3v) is 5.59. The van der Waals surface area contributed by atoms with Crippen molar-refractivity contribution in [3.63, 3.8) is 0 Å². The van der Waals surface area contributed by atoms with Crippen LogP contribution in [0.1, 0.15) is 39.1 Å². The highest BCUT2D eigenvalue weighted by molar-refractivity contribution is 6.08. The Bertz CT molecular complexity index is 842. The highest BCUT2D eigenvalue weighted by atomic mass is 16.2. The van der Waals surface area contributed by atoms with E-state index in [1.165, 1.54) is 0 Å². The molecule has 0 saturated carbocycles. The molecule has 1 saturated heterocycles. The summed E-state index contributed by atoms with van der Waals surface area (Å²) in [4.78, 5) is 29.8. The average Bonchev–Trinajstić information content (AvgIpc) is 3.14. The zero-order valence-electron chi connectivity index (χ0n) is 15.6. The molecule has 0 unspecified atom stereocenters. The summed E-state index contributed by atoms with van der Waals surface area (Å²) in [7, 11) is 2.11. The van der Waals surface area contributed by atoms with Crippen LogP contribution in [0.5, 0.6) is 0 Å². The van der Waals surface area contributed by atoms with Gasteiger partial charge in [-0.25, -0.2) is 0 Å². The van der Waals surface area contributed by atoms with E-state index in [0.29, 0.717) is 24.1 Å². The molecule has 1 fully saturated rings. The topological polar surface area (TPSA) is 52.7 Å². The number of fused-ring (bicyclic) bond motifs is 1. The third kappa shape index (κ3) is 3.60. The minimum Gasteiger partial charge on any atom is -0.349 e. The Hall–Kier alpha value is -2.66. The molecule has 2 heterocycles. The Morgan fingerprint density at radius 1 is 0.963 bits per heavy atom. The van der Waals surface area contributed by atoms with Gasteiger partial charge in [-0.05, 0) is 69.2 Å². The van der Waals surface area contributed by atoms with Crippen molar-refractivity contribution in [1.82, 2.24) is 10.2 Å². The number of carbonyl (C=O) groups is 2. The van der Waals surface area contributed by atoms with E-state index >= 15 is 0 Å². The molecule has 0 bridgehead atoms. The maximum Gasteiger partial charge on any atom is 0.258 e. The molecule has 0 spiro atoms. The van der Waals surface area contributed by atoms with Gasteiger partial charge in [0.1, 0.15) is 0 Å². The van der Waals surface area contributed by atoms with Gasteiger partial charge in [0, 0.05) is 29.4 Å². The SMILES string of the molecule is CN1CCC(NC(=O)c2cccc3c2CCN3C(=O)c2ccccc2)CC1. The lowest BCUT2D eigenvalue weighted by atomic mass is 10.0. The van der Waals surface area contributed by atoms with Gasteiger partial charge in [0.05, 0.1) is 0 Å². The number of rotatable bonds is 3. The number of nitrogens with zero attached hydrogens (tertiary/aromatic N) is 2. The van der Waals surface area contributed by atoms with Gasteiger partial charge >= 0.3 is 0 Å². The van der Waals surface area contributed by atoms with Crippen molar-refractivity contribution in [2.45, 2.75) is 25.3 Å². The first-order valence-electron chi connectivity index (χ1n) is 9.61. The number of hydrogen-bond donors (Lipinski definition) is 1. The molecule has 0 radical (unpaired) electrons. The number of carbonyl (C=O) groups excluding carboxylic acids is 2. The Balaban J connectivity index is 1.53. The van der Waals surface area contributed by atoms with Crippen molar-refractivity contribution in [2.24, 2.45) is 0 Å². The molecular formula is C22H25N3O2. The lowest BCUT2D eigenvalue weighted by Crippen LogP contribution is -2.43. The Labute approximate surface area is 160 Å². The van der Waals surface area contributed by atoms with E-state index in [0.717, 1.165) is 37.2 Å². The summed E-state index contributed by atoms with van der Waals surface area (Å²) >= 11 is 0. The maximum atomic E-state index is 12.9. The van der Waals surface area contributed by atoms with Crippen LogP contribution in [-0.2, 0) is 6.42 Å². The Kier molecular flexibility index (Phi) is 4.94. The molecule has 2 aromatic carbocycles. The maximum absolute atomic E-state index is 12.9. The lowest BCUT2D eigenvalue weighted by molar-refractivity contribution is 0.0915. The van der Waals surface area contributed by atoms with Crippen molar-refractivity contribution >= 4 is 17.5 Å². The molecule has 4 rings (SSSR count). The number of nitrogens with one attached hydrogen (secondary N) is 1. The van der Waals surface area contributed by atoms with Crippen LogP contribution in [-0.4, -0.2) is 49.4 Å². The van der Waals surface area contributed by atoms with Gasteiger partial charge in [-0.1, -0.05) is 24.3 Å². The van der Waals surface area contributed by atoms with Crippen LogP contribution in [0.15, 0.2) is 48.5 Å². The fourth-order valence-corrected chi connectivity index (χ4v) is 4.01. The Morgan fingerprint density at radius 2 is 1.70 bits per heavy atom. The fraction of sp³-hybridized carbons (Fsp3) is 0.364. The van der Waals surface area contributed by atoms with Gasteiger partial charge in [-0.15, -0.1) is 0 Å². The first kappa shape index (κ1) is 17.7. The van der Waals surface area contributed by atoms with Gasteiger partial charge in [-0.3, -0.25) is 9.59 Å². The smallest absolute Gasteiger partial charge is 0.258 e. The van der Waals surface area contributed by atoms with E-state index in [1.54, 1.807) is 4.90 Å². The zero-order valence-corrected chi connectivity index (χ0v) is 15.6. The minimum atomic E-state index is -0.0181. The van der Waals surface area contributed by atoms with Crippen LogP contribution in [0.25, 0.3) is 0 Å². The van der Waals surface area contributed by atoms with Crippen molar-refractivity contribution in [3.05, 3.63) is 65.2 Å². The molecule has 2 amide bonds. The van der Waals surface area contributed by atoms with E-state index in [2.05, 4.69) is 17.3 Å². The Morgan fingerprint density at radius 3 is 2.44 bits per heavy atom. The largest absolute Gasteiger partial charge is 0.349 e. The van der Waals surface area contributed by atoms with Crippen LogP contribution >= 0.6 is 0 Å². The summed E-state index contributed by atoms with van der Waals surface area (Å²) in [5, 5.41) is 3.19. The van der Waals surface area contributed by atoms with E-state index in [-0.39, 0.29) is 17.9 Å². The van der Waals surface area contributed by atoms with Gasteiger partial charge in [0.2, 0.25) is 0 Å². The van der Waals surface area contributed by atoms with Crippen molar-refractivity contribution in [1.29, 1.82) is 0 Å². The monoisotopic (exact) mass is 363 g/mol. The second-order valence-electron chi connectivity index (χ2n) is 7.43. The zero-order chi connectivity index (χ0) is 18.8. The predicted octanol–water partition coefficient (Wildman–Crippen LogP) is 2.71. The molecule has 1 N–H and O–H groups in total. The highest BCUT2D eigenvalue weighted by Gasteiger charge is 2.29. The van der Waals surface area contributed by atoms with Gasteiger partial charge in [0.15, 0.2) is 0 Å². The number of likely N-dealkylation sites (tertiary alicyclic amines) is 1. The van der Waals surface area contributed by atoms with Crippen molar-refractivity contribution in [3.8, 4) is 0 Å². The second-order valence-corrected chi connectivity index (χ2v) is 7.43. The second kappa shape index (κ2) is 7.53. The molecule has 2 aliphatic rings. The van der Waals surface area contributed by atoms with Gasteiger partial charge in [-0.2, -0.15) is 0 Å². The molecule has 0 aliphatic carbocycles. The molecule has 0 aromatic heterocycles. The van der Waals surface area contributed by atoms with Crippen LogP contribution in [0, 0.1) is 0 Å². The number of anilines is 1. The van der Waals surface area contributed by atoms with E-state index < -0.39 is 0 Å². The number of hydrogen-bond acceptors (Lipinski definition) is 3. The first-order valence-corrected chi connectivity index (χ1v) is 9.61. The normalized spacial score (nSPS) is 17.6. The molecule has 140 valence electrons. The van der Waals surface area contributed by atoms with Gasteiger partial charge < -0.3 is 15.1 Å². The molecular weight excluding hydrogens is 338 g/mol. The summed E-state index contributed by atoms with van der Waals surface area (Å²) in [6, 6.07) is 15.2. The lowest BCUT2D eigenvalue weighted by Gasteiger charge is -2.29. The molecule has 27 heavy (non-hydrogen) atoms. The van der Waals surface area contributed by atoms with Crippen LogP contribution in [0.3, 0.4) is 0 Å². The van der Waals surface area contributed by atoms with E-state index in [9.17, 15) is 9.59 Å². The molecule has 5 heteroatoms. The summed E-state index contributed by atoms with van der Waals surface area (Å²) in [6.45, 7) is 2.63. The quantitative estimate of drug-likeness (QED) is 0.912. The number of piperidine rings is 1. The highest BCUT2D eigenvalue weighted by Crippen LogP contribution is 2.32. The average molecular weight is 363 g/mol. The van der Waals surface area contributed by atoms with Crippen molar-refractivity contribution in [2.75, 3.05) is 31.6 Å². The molecule has 2 aromatic rings. The minimum absolute atomic E-state index is 0.0118. The van der Waals surface area contributed by atoms with Gasteiger partial charge in [0.25, 0.3) is 11.8 Å². The van der Waals surface area contributed by atoms with Crippen molar-refractivity contribution < 1.29 is 9.59 Å². The van der Waals surface area contributed by atoms with E-state index in [1.807, 2.05) is 48.5 Å². The standard InChI is InChI=1S/C22H25N3O2/c1-24-13-10-17(11-14-24)23-21(26)19-8-5-9-20-18(19)12-15-25(20)22(27)16-6-3-2-4-7-16/h2-9,17H,10-15H2,1H3,(H,23,26). The fourth-order valence-electron chi connectivity index (χ4n) is 4.01. The predicted molar refractivity (Wildman–Crippen MR) is 106 cm³/mol. The number of amides is 2.